The molecule has 0 fully saturated rings. The highest BCUT2D eigenvalue weighted by Crippen LogP contribution is 2.10. The Kier molecular flexibility index (Phi) is 7.09. The summed E-state index contributed by atoms with van der Waals surface area (Å²) in [6, 6.07) is 6.97. The van der Waals surface area contributed by atoms with Crippen LogP contribution in [0, 0.1) is 12.8 Å². The lowest BCUT2D eigenvalue weighted by molar-refractivity contribution is -0.137. The number of hydrogen-bond acceptors (Lipinski definition) is 3. The van der Waals surface area contributed by atoms with Gasteiger partial charge in [0.05, 0.1) is 6.04 Å². The van der Waals surface area contributed by atoms with E-state index in [9.17, 15) is 9.59 Å². The summed E-state index contributed by atoms with van der Waals surface area (Å²) in [5.41, 5.74) is 1.73. The van der Waals surface area contributed by atoms with E-state index in [4.69, 9.17) is 5.11 Å². The van der Waals surface area contributed by atoms with E-state index < -0.39 is 12.0 Å². The molecule has 0 aliphatic rings. The molecule has 1 unspecified atom stereocenters. The Morgan fingerprint density at radius 2 is 1.76 bits per heavy atom. The summed E-state index contributed by atoms with van der Waals surface area (Å²) in [7, 11) is 0. The SMILES string of the molecule is Cc1ccc(C(=O)C(CCC(=O)O)NCCC(C)C)cc1. The second-order valence-electron chi connectivity index (χ2n) is 5.85. The molecular formula is C17H25NO3. The van der Waals surface area contributed by atoms with Crippen LogP contribution < -0.4 is 5.32 Å². The molecule has 4 nitrogen and oxygen atoms in total. The first kappa shape index (κ1) is 17.4. The van der Waals surface area contributed by atoms with Crippen molar-refractivity contribution in [3.8, 4) is 0 Å². The molecular weight excluding hydrogens is 266 g/mol. The Bertz CT molecular complexity index is 465. The number of carbonyl (C=O) groups excluding carboxylic acids is 1. The van der Waals surface area contributed by atoms with Crippen LogP contribution in [0.3, 0.4) is 0 Å². The van der Waals surface area contributed by atoms with Gasteiger partial charge in [-0.1, -0.05) is 43.7 Å². The molecule has 0 saturated carbocycles. The molecule has 0 spiro atoms. The van der Waals surface area contributed by atoms with E-state index in [2.05, 4.69) is 19.2 Å². The molecule has 0 aliphatic carbocycles. The Morgan fingerprint density at radius 3 is 2.29 bits per heavy atom. The number of Topliss-reactive ketones (excluding diaryl/α,β-unsaturated/α-hetero) is 1. The number of nitrogens with one attached hydrogen (secondary N) is 1. The van der Waals surface area contributed by atoms with Crippen LogP contribution >= 0.6 is 0 Å². The second kappa shape index (κ2) is 8.57. The van der Waals surface area contributed by atoms with E-state index >= 15 is 0 Å². The standard InChI is InChI=1S/C17H25NO3/c1-12(2)10-11-18-15(8-9-16(19)20)17(21)14-6-4-13(3)5-7-14/h4-7,12,15,18H,8-11H2,1-3H3,(H,19,20). The van der Waals surface area contributed by atoms with Gasteiger partial charge in [-0.2, -0.15) is 0 Å². The summed E-state index contributed by atoms with van der Waals surface area (Å²) in [5.74, 6) is -0.352. The van der Waals surface area contributed by atoms with Crippen molar-refractivity contribution in [1.82, 2.24) is 5.32 Å². The van der Waals surface area contributed by atoms with Crippen LogP contribution in [-0.2, 0) is 4.79 Å². The maximum Gasteiger partial charge on any atom is 0.303 e. The summed E-state index contributed by atoms with van der Waals surface area (Å²) in [5, 5.41) is 12.0. The minimum Gasteiger partial charge on any atom is -0.481 e. The van der Waals surface area contributed by atoms with Crippen LogP contribution in [0.4, 0.5) is 0 Å². The average Bonchev–Trinajstić information content (AvgIpc) is 2.42. The molecule has 0 amide bonds. The molecule has 0 heterocycles. The van der Waals surface area contributed by atoms with E-state index in [1.165, 1.54) is 0 Å². The van der Waals surface area contributed by atoms with Gasteiger partial charge < -0.3 is 10.4 Å². The Labute approximate surface area is 126 Å². The highest BCUT2D eigenvalue weighted by molar-refractivity contribution is 6.00. The summed E-state index contributed by atoms with van der Waals surface area (Å²) >= 11 is 0. The highest BCUT2D eigenvalue weighted by Gasteiger charge is 2.20. The van der Waals surface area contributed by atoms with E-state index in [1.807, 2.05) is 19.1 Å². The average molecular weight is 291 g/mol. The van der Waals surface area contributed by atoms with E-state index in [0.717, 1.165) is 18.5 Å². The summed E-state index contributed by atoms with van der Waals surface area (Å²) < 4.78 is 0. The number of benzene rings is 1. The monoisotopic (exact) mass is 291 g/mol. The normalized spacial score (nSPS) is 12.4. The van der Waals surface area contributed by atoms with E-state index in [-0.39, 0.29) is 12.2 Å². The molecule has 4 heteroatoms. The number of carboxylic acids is 1. The van der Waals surface area contributed by atoms with Crippen LogP contribution in [0.1, 0.15) is 49.0 Å². The third-order valence-corrected chi connectivity index (χ3v) is 3.41. The van der Waals surface area contributed by atoms with Gasteiger partial charge in [0, 0.05) is 12.0 Å². The van der Waals surface area contributed by atoms with Gasteiger partial charge in [0.25, 0.3) is 0 Å². The molecule has 1 atom stereocenters. The third kappa shape index (κ3) is 6.54. The van der Waals surface area contributed by atoms with Crippen LogP contribution in [0.15, 0.2) is 24.3 Å². The number of rotatable bonds is 9. The van der Waals surface area contributed by atoms with Crippen molar-refractivity contribution in [3.05, 3.63) is 35.4 Å². The lowest BCUT2D eigenvalue weighted by atomic mass is 9.99. The first-order valence-corrected chi connectivity index (χ1v) is 7.46. The van der Waals surface area contributed by atoms with Gasteiger partial charge in [-0.25, -0.2) is 0 Å². The fourth-order valence-corrected chi connectivity index (χ4v) is 2.06. The number of ketones is 1. The number of hydrogen-bond donors (Lipinski definition) is 2. The molecule has 0 bridgehead atoms. The minimum atomic E-state index is -0.873. The van der Waals surface area contributed by atoms with Gasteiger partial charge in [0.2, 0.25) is 0 Å². The molecule has 116 valence electrons. The van der Waals surface area contributed by atoms with Gasteiger partial charge >= 0.3 is 5.97 Å². The van der Waals surface area contributed by atoms with Crippen LogP contribution in [0.5, 0.6) is 0 Å². The first-order valence-electron chi connectivity index (χ1n) is 7.46. The Balaban J connectivity index is 2.70. The predicted molar refractivity (Wildman–Crippen MR) is 83.6 cm³/mol. The lowest BCUT2D eigenvalue weighted by Gasteiger charge is -2.18. The zero-order chi connectivity index (χ0) is 15.8. The Morgan fingerprint density at radius 1 is 1.14 bits per heavy atom. The summed E-state index contributed by atoms with van der Waals surface area (Å²) in [4.78, 5) is 23.2. The number of aryl methyl sites for hydroxylation is 1. The molecule has 1 aromatic rings. The van der Waals surface area contributed by atoms with Crippen molar-refractivity contribution in [1.29, 1.82) is 0 Å². The van der Waals surface area contributed by atoms with Gasteiger partial charge in [-0.3, -0.25) is 9.59 Å². The molecule has 21 heavy (non-hydrogen) atoms. The maximum absolute atomic E-state index is 12.5. The van der Waals surface area contributed by atoms with E-state index in [1.54, 1.807) is 12.1 Å². The van der Waals surface area contributed by atoms with Gasteiger partial charge in [-0.05, 0) is 32.2 Å². The molecule has 2 N–H and O–H groups in total. The molecule has 0 radical (unpaired) electrons. The summed E-state index contributed by atoms with van der Waals surface area (Å²) in [6.45, 7) is 6.93. The molecule has 0 aliphatic heterocycles. The second-order valence-corrected chi connectivity index (χ2v) is 5.85. The molecule has 0 saturated heterocycles. The highest BCUT2D eigenvalue weighted by atomic mass is 16.4. The fraction of sp³-hybridized carbons (Fsp3) is 0.529. The third-order valence-electron chi connectivity index (χ3n) is 3.41. The van der Waals surface area contributed by atoms with E-state index in [0.29, 0.717) is 17.9 Å². The molecule has 1 aromatic carbocycles. The van der Waals surface area contributed by atoms with Crippen molar-refractivity contribution in [2.75, 3.05) is 6.54 Å². The molecule has 0 aromatic heterocycles. The van der Waals surface area contributed by atoms with Crippen LogP contribution in [0.25, 0.3) is 0 Å². The van der Waals surface area contributed by atoms with Crippen molar-refractivity contribution in [2.24, 2.45) is 5.92 Å². The van der Waals surface area contributed by atoms with Gasteiger partial charge in [0.15, 0.2) is 5.78 Å². The minimum absolute atomic E-state index is 0.00303. The number of aliphatic carboxylic acids is 1. The largest absolute Gasteiger partial charge is 0.481 e. The number of carbonyl (C=O) groups is 2. The Hall–Kier alpha value is -1.68. The fourth-order valence-electron chi connectivity index (χ4n) is 2.06. The van der Waals surface area contributed by atoms with Crippen molar-refractivity contribution >= 4 is 11.8 Å². The quantitative estimate of drug-likeness (QED) is 0.686. The van der Waals surface area contributed by atoms with Crippen molar-refractivity contribution < 1.29 is 14.7 Å². The van der Waals surface area contributed by atoms with Crippen LogP contribution in [0.2, 0.25) is 0 Å². The zero-order valence-electron chi connectivity index (χ0n) is 13.1. The zero-order valence-corrected chi connectivity index (χ0v) is 13.1. The van der Waals surface area contributed by atoms with Gasteiger partial charge in [-0.15, -0.1) is 0 Å². The first-order chi connectivity index (χ1) is 9.90. The van der Waals surface area contributed by atoms with Crippen molar-refractivity contribution in [3.63, 3.8) is 0 Å². The smallest absolute Gasteiger partial charge is 0.303 e. The van der Waals surface area contributed by atoms with Crippen molar-refractivity contribution in [2.45, 2.75) is 46.1 Å². The predicted octanol–water partition coefficient (Wildman–Crippen LogP) is 3.05. The lowest BCUT2D eigenvalue weighted by Crippen LogP contribution is -2.38. The summed E-state index contributed by atoms with van der Waals surface area (Å²) in [6.07, 6.45) is 1.28. The maximum atomic E-state index is 12.5. The van der Waals surface area contributed by atoms with Gasteiger partial charge in [0.1, 0.15) is 0 Å². The number of carboxylic acid groups (broad SMARTS) is 1. The van der Waals surface area contributed by atoms with Crippen LogP contribution in [-0.4, -0.2) is 29.4 Å². The topological polar surface area (TPSA) is 66.4 Å². The molecule has 1 rings (SSSR count).